The molecule has 2 aromatic rings. The van der Waals surface area contributed by atoms with Gasteiger partial charge in [0.05, 0.1) is 11.2 Å². The molecule has 3 rings (SSSR count). The second-order valence-corrected chi connectivity index (χ2v) is 6.27. The summed E-state index contributed by atoms with van der Waals surface area (Å²) >= 11 is 0. The van der Waals surface area contributed by atoms with Gasteiger partial charge < -0.3 is 10.6 Å². The third-order valence-corrected chi connectivity index (χ3v) is 4.45. The second kappa shape index (κ2) is 8.48. The number of carbonyl (C=O) groups is 1. The van der Waals surface area contributed by atoms with Crippen molar-refractivity contribution in [2.45, 2.75) is 38.5 Å². The van der Waals surface area contributed by atoms with E-state index in [2.05, 4.69) is 21.7 Å². The monoisotopic (exact) mass is 323 g/mol. The molecule has 0 unspecified atom stereocenters. The summed E-state index contributed by atoms with van der Waals surface area (Å²) in [4.78, 5) is 16.4. The Balaban J connectivity index is 1.41. The van der Waals surface area contributed by atoms with Crippen LogP contribution in [0.25, 0.3) is 10.9 Å². The van der Waals surface area contributed by atoms with Crippen LogP contribution in [0.15, 0.2) is 48.2 Å². The minimum absolute atomic E-state index is 0.104. The Labute approximate surface area is 143 Å². The molecule has 4 nitrogen and oxygen atoms in total. The summed E-state index contributed by atoms with van der Waals surface area (Å²) in [5.74, 6) is 0.104. The van der Waals surface area contributed by atoms with Gasteiger partial charge in [-0.1, -0.05) is 29.8 Å². The highest BCUT2D eigenvalue weighted by molar-refractivity contribution is 5.90. The van der Waals surface area contributed by atoms with Crippen molar-refractivity contribution >= 4 is 22.5 Å². The Morgan fingerprint density at radius 2 is 2.04 bits per heavy atom. The zero-order valence-corrected chi connectivity index (χ0v) is 14.1. The van der Waals surface area contributed by atoms with E-state index in [4.69, 9.17) is 0 Å². The summed E-state index contributed by atoms with van der Waals surface area (Å²) in [7, 11) is 0. The summed E-state index contributed by atoms with van der Waals surface area (Å²) in [6, 6.07) is 10.0. The Morgan fingerprint density at radius 3 is 2.92 bits per heavy atom. The molecule has 126 valence electrons. The number of rotatable bonds is 7. The fourth-order valence-electron chi connectivity index (χ4n) is 3.14. The first-order valence-corrected chi connectivity index (χ1v) is 8.85. The summed E-state index contributed by atoms with van der Waals surface area (Å²) in [6.45, 7) is 1.37. The van der Waals surface area contributed by atoms with Gasteiger partial charge in [-0.2, -0.15) is 0 Å². The molecule has 0 atom stereocenters. The smallest absolute Gasteiger partial charge is 0.221 e. The topological polar surface area (TPSA) is 54.0 Å². The van der Waals surface area contributed by atoms with E-state index in [0.717, 1.165) is 29.6 Å². The van der Waals surface area contributed by atoms with Gasteiger partial charge in [0.25, 0.3) is 0 Å². The van der Waals surface area contributed by atoms with Crippen molar-refractivity contribution in [3.8, 4) is 0 Å². The molecule has 0 bridgehead atoms. The van der Waals surface area contributed by atoms with Crippen LogP contribution in [0.5, 0.6) is 0 Å². The van der Waals surface area contributed by atoms with Crippen LogP contribution in [0.4, 0.5) is 5.69 Å². The van der Waals surface area contributed by atoms with Crippen LogP contribution in [0.2, 0.25) is 0 Å². The number of anilines is 1. The molecule has 24 heavy (non-hydrogen) atoms. The molecule has 0 spiro atoms. The van der Waals surface area contributed by atoms with Crippen LogP contribution in [-0.2, 0) is 4.79 Å². The molecule has 1 aromatic heterocycles. The van der Waals surface area contributed by atoms with E-state index in [1.54, 1.807) is 6.20 Å². The van der Waals surface area contributed by atoms with E-state index in [1.807, 2.05) is 30.3 Å². The number of aromatic nitrogens is 1. The minimum Gasteiger partial charge on any atom is -0.383 e. The van der Waals surface area contributed by atoms with E-state index in [1.165, 1.54) is 31.3 Å². The van der Waals surface area contributed by atoms with Crippen LogP contribution in [-0.4, -0.2) is 24.0 Å². The number of nitrogens with one attached hydrogen (secondary N) is 2. The van der Waals surface area contributed by atoms with Gasteiger partial charge in [0.2, 0.25) is 5.91 Å². The molecular formula is C20H25N3O. The van der Waals surface area contributed by atoms with Crippen molar-refractivity contribution in [3.63, 3.8) is 0 Å². The summed E-state index contributed by atoms with van der Waals surface area (Å²) < 4.78 is 0. The predicted molar refractivity (Wildman–Crippen MR) is 99.0 cm³/mol. The molecule has 4 heteroatoms. The zero-order valence-electron chi connectivity index (χ0n) is 14.1. The van der Waals surface area contributed by atoms with Crippen LogP contribution in [0.3, 0.4) is 0 Å². The Morgan fingerprint density at radius 1 is 1.12 bits per heavy atom. The third kappa shape index (κ3) is 4.57. The van der Waals surface area contributed by atoms with Crippen molar-refractivity contribution in [3.05, 3.63) is 48.2 Å². The van der Waals surface area contributed by atoms with E-state index in [-0.39, 0.29) is 5.91 Å². The van der Waals surface area contributed by atoms with E-state index >= 15 is 0 Å². The molecule has 1 aliphatic rings. The lowest BCUT2D eigenvalue weighted by Crippen LogP contribution is -2.26. The maximum absolute atomic E-state index is 12.0. The molecule has 0 radical (unpaired) electrons. The normalized spacial score (nSPS) is 14.2. The van der Waals surface area contributed by atoms with Gasteiger partial charge in [-0.25, -0.2) is 0 Å². The summed E-state index contributed by atoms with van der Waals surface area (Å²) in [6.07, 6.45) is 10.6. The van der Waals surface area contributed by atoms with Crippen molar-refractivity contribution < 1.29 is 4.79 Å². The van der Waals surface area contributed by atoms with Crippen LogP contribution in [0.1, 0.15) is 38.5 Å². The average Bonchev–Trinajstić information content (AvgIpc) is 2.63. The molecule has 2 N–H and O–H groups in total. The SMILES string of the molecule is O=C(CCNc1cccc2cccnc12)NCCC1=CCCCC1. The fraction of sp³-hybridized carbons (Fsp3) is 0.400. The number of para-hydroxylation sites is 1. The number of carbonyl (C=O) groups excluding carboxylic acids is 1. The molecular weight excluding hydrogens is 298 g/mol. The van der Waals surface area contributed by atoms with Gasteiger partial charge >= 0.3 is 0 Å². The molecule has 1 amide bonds. The van der Waals surface area contributed by atoms with E-state index < -0.39 is 0 Å². The molecule has 1 heterocycles. The quantitative estimate of drug-likeness (QED) is 0.756. The number of hydrogen-bond donors (Lipinski definition) is 2. The van der Waals surface area contributed by atoms with Gasteiger partial charge in [-0.3, -0.25) is 9.78 Å². The first-order valence-electron chi connectivity index (χ1n) is 8.85. The Hall–Kier alpha value is -2.36. The lowest BCUT2D eigenvalue weighted by molar-refractivity contribution is -0.120. The number of fused-ring (bicyclic) bond motifs is 1. The molecule has 0 aliphatic heterocycles. The van der Waals surface area contributed by atoms with E-state index in [9.17, 15) is 4.79 Å². The molecule has 0 saturated heterocycles. The van der Waals surface area contributed by atoms with Gasteiger partial charge in [0, 0.05) is 31.1 Å². The number of benzene rings is 1. The number of hydrogen-bond acceptors (Lipinski definition) is 3. The Kier molecular flexibility index (Phi) is 5.83. The van der Waals surface area contributed by atoms with Gasteiger partial charge in [0.15, 0.2) is 0 Å². The highest BCUT2D eigenvalue weighted by atomic mass is 16.1. The van der Waals surface area contributed by atoms with Crippen LogP contribution in [0, 0.1) is 0 Å². The Bertz CT molecular complexity index is 718. The second-order valence-electron chi connectivity index (χ2n) is 6.27. The van der Waals surface area contributed by atoms with Gasteiger partial charge in [0.1, 0.15) is 0 Å². The third-order valence-electron chi connectivity index (χ3n) is 4.45. The first kappa shape index (κ1) is 16.5. The van der Waals surface area contributed by atoms with E-state index in [0.29, 0.717) is 13.0 Å². The highest BCUT2D eigenvalue weighted by Crippen LogP contribution is 2.20. The molecule has 1 aliphatic carbocycles. The van der Waals surface area contributed by atoms with Crippen molar-refractivity contribution in [2.24, 2.45) is 0 Å². The summed E-state index contributed by atoms with van der Waals surface area (Å²) in [5.41, 5.74) is 3.43. The van der Waals surface area contributed by atoms with Gasteiger partial charge in [-0.15, -0.1) is 0 Å². The fourth-order valence-corrected chi connectivity index (χ4v) is 3.14. The average molecular weight is 323 g/mol. The van der Waals surface area contributed by atoms with Gasteiger partial charge in [-0.05, 0) is 44.2 Å². The van der Waals surface area contributed by atoms with Crippen LogP contribution < -0.4 is 10.6 Å². The number of nitrogens with zero attached hydrogens (tertiary/aromatic N) is 1. The summed E-state index contributed by atoms with van der Waals surface area (Å²) in [5, 5.41) is 7.45. The molecule has 1 aromatic carbocycles. The molecule has 0 fully saturated rings. The van der Waals surface area contributed by atoms with Crippen LogP contribution >= 0.6 is 0 Å². The van der Waals surface area contributed by atoms with Crippen molar-refractivity contribution in [1.29, 1.82) is 0 Å². The lowest BCUT2D eigenvalue weighted by atomic mass is 9.97. The largest absolute Gasteiger partial charge is 0.383 e. The first-order chi connectivity index (χ1) is 11.8. The lowest BCUT2D eigenvalue weighted by Gasteiger charge is -2.13. The minimum atomic E-state index is 0.104. The maximum atomic E-state index is 12.0. The van der Waals surface area contributed by atoms with Crippen molar-refractivity contribution in [2.75, 3.05) is 18.4 Å². The predicted octanol–water partition coefficient (Wildman–Crippen LogP) is 4.04. The number of amides is 1. The standard InChI is InChI=1S/C20H25N3O/c24-19(22-14-11-16-6-2-1-3-7-16)12-15-21-18-10-4-8-17-9-5-13-23-20(17)18/h4-6,8-10,13,21H,1-3,7,11-12,14-15H2,(H,22,24). The zero-order chi connectivity index (χ0) is 16.6. The number of allylic oxidation sites excluding steroid dienone is 1. The number of pyridine rings is 1. The maximum Gasteiger partial charge on any atom is 0.221 e. The molecule has 0 saturated carbocycles. The van der Waals surface area contributed by atoms with Crippen molar-refractivity contribution in [1.82, 2.24) is 10.3 Å². The highest BCUT2D eigenvalue weighted by Gasteiger charge is 2.06.